The van der Waals surface area contributed by atoms with Crippen molar-refractivity contribution < 1.29 is 9.47 Å². The first-order chi connectivity index (χ1) is 13.3. The molecule has 0 unspecified atom stereocenters. The largest absolute Gasteiger partial charge is 0.481 e. The molecule has 0 amide bonds. The summed E-state index contributed by atoms with van der Waals surface area (Å²) in [4.78, 5) is 16.9. The van der Waals surface area contributed by atoms with Crippen LogP contribution in [0.5, 0.6) is 11.8 Å². The fourth-order valence-electron chi connectivity index (χ4n) is 2.33. The van der Waals surface area contributed by atoms with Gasteiger partial charge in [-0.15, -0.1) is 0 Å². The molecule has 3 aromatic rings. The lowest BCUT2D eigenvalue weighted by molar-refractivity contribution is 0.326. The van der Waals surface area contributed by atoms with Gasteiger partial charge >= 0.3 is 0 Å². The van der Waals surface area contributed by atoms with E-state index in [0.717, 1.165) is 11.1 Å². The van der Waals surface area contributed by atoms with Crippen molar-refractivity contribution in [1.82, 2.24) is 19.9 Å². The van der Waals surface area contributed by atoms with Crippen molar-refractivity contribution in [3.05, 3.63) is 59.9 Å². The van der Waals surface area contributed by atoms with Crippen LogP contribution in [0.15, 0.2) is 48.8 Å². The molecule has 0 bridgehead atoms. The maximum Gasteiger partial charge on any atom is 0.226 e. The number of hydrogen-bond acceptors (Lipinski definition) is 8. The van der Waals surface area contributed by atoms with E-state index in [1.54, 1.807) is 31.6 Å². The molecule has 8 nitrogen and oxygen atoms in total. The number of benzene rings is 1. The zero-order valence-corrected chi connectivity index (χ0v) is 15.3. The highest BCUT2D eigenvalue weighted by Crippen LogP contribution is 2.12. The second-order valence-corrected chi connectivity index (χ2v) is 5.60. The summed E-state index contributed by atoms with van der Waals surface area (Å²) < 4.78 is 10.5. The molecule has 0 atom stereocenters. The molecule has 0 saturated carbocycles. The van der Waals surface area contributed by atoms with Gasteiger partial charge < -0.3 is 20.1 Å². The zero-order valence-electron chi connectivity index (χ0n) is 15.3. The lowest BCUT2D eigenvalue weighted by Gasteiger charge is -2.09. The molecule has 0 aliphatic carbocycles. The molecule has 1 aromatic carbocycles. The smallest absolute Gasteiger partial charge is 0.226 e. The number of methoxy groups -OCH3 is 1. The SMILES string of the molecule is CCOc1ccnc(NCc2ccc(CNc3nccc(OC)n3)cc2)n1. The number of ether oxygens (including phenoxy) is 2. The van der Waals surface area contributed by atoms with Crippen LogP contribution in [0.1, 0.15) is 18.1 Å². The summed E-state index contributed by atoms with van der Waals surface area (Å²) in [5, 5.41) is 6.38. The van der Waals surface area contributed by atoms with Gasteiger partial charge in [-0.1, -0.05) is 24.3 Å². The summed E-state index contributed by atoms with van der Waals surface area (Å²) in [5.41, 5.74) is 2.25. The van der Waals surface area contributed by atoms with E-state index in [9.17, 15) is 0 Å². The van der Waals surface area contributed by atoms with E-state index in [2.05, 4.69) is 54.8 Å². The summed E-state index contributed by atoms with van der Waals surface area (Å²) in [6.07, 6.45) is 3.33. The maximum atomic E-state index is 5.38. The molecule has 2 N–H and O–H groups in total. The number of nitrogens with zero attached hydrogens (tertiary/aromatic N) is 4. The van der Waals surface area contributed by atoms with Crippen LogP contribution in [0.2, 0.25) is 0 Å². The molecule has 27 heavy (non-hydrogen) atoms. The first-order valence-corrected chi connectivity index (χ1v) is 8.65. The van der Waals surface area contributed by atoms with Gasteiger partial charge in [0.05, 0.1) is 13.7 Å². The van der Waals surface area contributed by atoms with Crippen molar-refractivity contribution in [2.75, 3.05) is 24.4 Å². The third kappa shape index (κ3) is 5.53. The van der Waals surface area contributed by atoms with E-state index in [1.807, 2.05) is 6.92 Å². The second-order valence-electron chi connectivity index (χ2n) is 5.60. The summed E-state index contributed by atoms with van der Waals surface area (Å²) in [5.74, 6) is 2.18. The molecule has 2 aromatic heterocycles. The molecule has 0 radical (unpaired) electrons. The number of aromatic nitrogens is 4. The Bertz CT molecular complexity index is 857. The number of hydrogen-bond donors (Lipinski definition) is 2. The van der Waals surface area contributed by atoms with Gasteiger partial charge in [0.25, 0.3) is 0 Å². The minimum Gasteiger partial charge on any atom is -0.481 e. The molecule has 0 aliphatic heterocycles. The number of nitrogens with one attached hydrogen (secondary N) is 2. The van der Waals surface area contributed by atoms with Gasteiger partial charge in [0.2, 0.25) is 23.7 Å². The highest BCUT2D eigenvalue weighted by atomic mass is 16.5. The average molecular weight is 366 g/mol. The zero-order chi connectivity index (χ0) is 18.9. The van der Waals surface area contributed by atoms with Crippen LogP contribution in [0, 0.1) is 0 Å². The van der Waals surface area contributed by atoms with Crippen molar-refractivity contribution in [3.8, 4) is 11.8 Å². The monoisotopic (exact) mass is 366 g/mol. The Labute approximate surface area is 158 Å². The molecule has 0 spiro atoms. The Kier molecular flexibility index (Phi) is 6.35. The lowest BCUT2D eigenvalue weighted by atomic mass is 10.1. The predicted molar refractivity (Wildman–Crippen MR) is 103 cm³/mol. The Morgan fingerprint density at radius 3 is 1.81 bits per heavy atom. The first kappa shape index (κ1) is 18.4. The molecule has 2 heterocycles. The van der Waals surface area contributed by atoms with E-state index in [-0.39, 0.29) is 0 Å². The highest BCUT2D eigenvalue weighted by molar-refractivity contribution is 5.33. The van der Waals surface area contributed by atoms with Gasteiger partial charge in [0.1, 0.15) is 0 Å². The minimum atomic E-state index is 0.532. The normalized spacial score (nSPS) is 10.3. The van der Waals surface area contributed by atoms with E-state index in [4.69, 9.17) is 9.47 Å². The number of rotatable bonds is 9. The van der Waals surface area contributed by atoms with Crippen LogP contribution in [0.3, 0.4) is 0 Å². The third-order valence-corrected chi connectivity index (χ3v) is 3.69. The fraction of sp³-hybridized carbons (Fsp3) is 0.263. The van der Waals surface area contributed by atoms with Crippen molar-refractivity contribution >= 4 is 11.9 Å². The molecular weight excluding hydrogens is 344 g/mol. The van der Waals surface area contributed by atoms with Gasteiger partial charge in [-0.2, -0.15) is 9.97 Å². The molecule has 8 heteroatoms. The van der Waals surface area contributed by atoms with Crippen LogP contribution >= 0.6 is 0 Å². The Hall–Kier alpha value is -3.42. The van der Waals surface area contributed by atoms with Crippen LogP contribution < -0.4 is 20.1 Å². The fourth-order valence-corrected chi connectivity index (χ4v) is 2.33. The summed E-state index contributed by atoms with van der Waals surface area (Å²) in [6, 6.07) is 11.7. The number of anilines is 2. The Morgan fingerprint density at radius 1 is 0.778 bits per heavy atom. The molecule has 3 rings (SSSR count). The topological polar surface area (TPSA) is 94.1 Å². The van der Waals surface area contributed by atoms with Crippen molar-refractivity contribution in [3.63, 3.8) is 0 Å². The van der Waals surface area contributed by atoms with Gasteiger partial charge in [-0.3, -0.25) is 0 Å². The summed E-state index contributed by atoms with van der Waals surface area (Å²) >= 11 is 0. The highest BCUT2D eigenvalue weighted by Gasteiger charge is 2.02. The van der Waals surface area contributed by atoms with Gasteiger partial charge in [0, 0.05) is 37.6 Å². The standard InChI is InChI=1S/C19H22N6O2/c1-3-27-17-9-11-21-19(25-17)23-13-15-6-4-14(5-7-15)12-22-18-20-10-8-16(24-18)26-2/h4-11H,3,12-13H2,1-2H3,(H,20,22,24)(H,21,23,25). The van der Waals surface area contributed by atoms with Gasteiger partial charge in [0.15, 0.2) is 0 Å². The average Bonchev–Trinajstić information content (AvgIpc) is 2.72. The van der Waals surface area contributed by atoms with Crippen molar-refractivity contribution in [1.29, 1.82) is 0 Å². The quantitative estimate of drug-likeness (QED) is 0.597. The van der Waals surface area contributed by atoms with Gasteiger partial charge in [-0.25, -0.2) is 9.97 Å². The Morgan fingerprint density at radius 2 is 1.30 bits per heavy atom. The van der Waals surface area contributed by atoms with Crippen LogP contribution in [0.4, 0.5) is 11.9 Å². The molecule has 0 saturated heterocycles. The minimum absolute atomic E-state index is 0.532. The van der Waals surface area contributed by atoms with E-state index in [1.165, 1.54) is 0 Å². The Balaban J connectivity index is 1.51. The second kappa shape index (κ2) is 9.33. The molecule has 0 aliphatic rings. The molecule has 0 fully saturated rings. The van der Waals surface area contributed by atoms with Crippen LogP contribution in [0.25, 0.3) is 0 Å². The van der Waals surface area contributed by atoms with Crippen molar-refractivity contribution in [2.24, 2.45) is 0 Å². The van der Waals surface area contributed by atoms with E-state index in [0.29, 0.717) is 43.4 Å². The maximum absolute atomic E-state index is 5.38. The summed E-state index contributed by atoms with van der Waals surface area (Å²) in [6.45, 7) is 3.75. The van der Waals surface area contributed by atoms with Gasteiger partial charge in [-0.05, 0) is 18.1 Å². The van der Waals surface area contributed by atoms with Crippen LogP contribution in [-0.2, 0) is 13.1 Å². The lowest BCUT2D eigenvalue weighted by Crippen LogP contribution is -2.06. The summed E-state index contributed by atoms with van der Waals surface area (Å²) in [7, 11) is 1.58. The molecule has 140 valence electrons. The van der Waals surface area contributed by atoms with Crippen LogP contribution in [-0.4, -0.2) is 33.7 Å². The van der Waals surface area contributed by atoms with E-state index < -0.39 is 0 Å². The van der Waals surface area contributed by atoms with E-state index >= 15 is 0 Å². The third-order valence-electron chi connectivity index (χ3n) is 3.69. The van der Waals surface area contributed by atoms with Crippen molar-refractivity contribution in [2.45, 2.75) is 20.0 Å². The first-order valence-electron chi connectivity index (χ1n) is 8.65. The predicted octanol–water partition coefficient (Wildman–Crippen LogP) is 2.90. The molecular formula is C19H22N6O2.